The number of aromatic nitrogens is 3. The van der Waals surface area contributed by atoms with Gasteiger partial charge in [0.25, 0.3) is 0 Å². The van der Waals surface area contributed by atoms with Gasteiger partial charge >= 0.3 is 6.09 Å². The fourth-order valence-electron chi connectivity index (χ4n) is 2.83. The number of aliphatic hydroxyl groups excluding tert-OH is 1. The Labute approximate surface area is 140 Å². The summed E-state index contributed by atoms with van der Waals surface area (Å²) >= 11 is 0. The highest BCUT2D eigenvalue weighted by Crippen LogP contribution is 2.32. The number of fused-ring (bicyclic) bond motifs is 1. The van der Waals surface area contributed by atoms with E-state index in [1.165, 1.54) is 4.90 Å². The van der Waals surface area contributed by atoms with Crippen LogP contribution in [0.25, 0.3) is 11.3 Å². The third-order valence-electron chi connectivity index (χ3n) is 3.98. The van der Waals surface area contributed by atoms with Crippen molar-refractivity contribution in [2.75, 3.05) is 6.54 Å². The highest BCUT2D eigenvalue weighted by molar-refractivity contribution is 5.70. The van der Waals surface area contributed by atoms with Gasteiger partial charge in [0.05, 0.1) is 11.9 Å². The van der Waals surface area contributed by atoms with Crippen LogP contribution in [0.2, 0.25) is 0 Å². The van der Waals surface area contributed by atoms with Crippen LogP contribution in [0, 0.1) is 0 Å². The minimum absolute atomic E-state index is 0.413. The van der Waals surface area contributed by atoms with Gasteiger partial charge in [0.2, 0.25) is 0 Å². The fourth-order valence-corrected chi connectivity index (χ4v) is 2.83. The summed E-state index contributed by atoms with van der Waals surface area (Å²) in [5, 5.41) is 18.4. The molecule has 0 saturated heterocycles. The van der Waals surface area contributed by atoms with Crippen LogP contribution in [0.15, 0.2) is 24.4 Å². The monoisotopic (exact) mass is 330 g/mol. The van der Waals surface area contributed by atoms with E-state index in [1.807, 2.05) is 46.0 Å². The van der Waals surface area contributed by atoms with Gasteiger partial charge in [-0.2, -0.15) is 0 Å². The number of ether oxygens (including phenoxy) is 1. The Morgan fingerprint density at radius 2 is 2.12 bits per heavy atom. The first-order chi connectivity index (χ1) is 11.3. The van der Waals surface area contributed by atoms with Gasteiger partial charge in [0.1, 0.15) is 5.60 Å². The summed E-state index contributed by atoms with van der Waals surface area (Å²) in [5.41, 5.74) is 3.04. The van der Waals surface area contributed by atoms with Crippen molar-refractivity contribution in [1.29, 1.82) is 0 Å². The molecule has 1 aromatic heterocycles. The van der Waals surface area contributed by atoms with Crippen molar-refractivity contribution in [3.63, 3.8) is 0 Å². The van der Waals surface area contributed by atoms with Crippen LogP contribution in [-0.2, 0) is 18.2 Å². The molecule has 128 valence electrons. The number of hydrogen-bond donors (Lipinski definition) is 1. The smallest absolute Gasteiger partial charge is 0.412 e. The maximum atomic E-state index is 12.3. The zero-order chi connectivity index (χ0) is 17.5. The van der Waals surface area contributed by atoms with Crippen molar-refractivity contribution in [1.82, 2.24) is 19.9 Å². The third-order valence-corrected chi connectivity index (χ3v) is 3.98. The highest BCUT2D eigenvalue weighted by atomic mass is 16.6. The van der Waals surface area contributed by atoms with Gasteiger partial charge in [-0.15, -0.1) is 5.10 Å². The molecule has 1 N–H and O–H groups in total. The summed E-state index contributed by atoms with van der Waals surface area (Å²) < 4.78 is 7.07. The SMILES string of the molecule is Cn1nncc1-c1ccc2c(c1)CCN(C(=O)OC(C)(C)C)C2O. The molecule has 0 spiro atoms. The standard InChI is InChI=1S/C17H22N4O3/c1-17(2,3)24-16(23)21-8-7-11-9-12(5-6-13(11)15(21)22)14-10-18-19-20(14)4/h5-6,9-10,15,22H,7-8H2,1-4H3. The average molecular weight is 330 g/mol. The molecule has 3 rings (SSSR count). The van der Waals surface area contributed by atoms with E-state index in [0.717, 1.165) is 22.4 Å². The van der Waals surface area contributed by atoms with Gasteiger partial charge in [-0.25, -0.2) is 9.48 Å². The summed E-state index contributed by atoms with van der Waals surface area (Å²) in [4.78, 5) is 13.6. The summed E-state index contributed by atoms with van der Waals surface area (Å²) in [5.74, 6) is 0. The number of benzene rings is 1. The molecule has 2 aromatic rings. The molecule has 0 radical (unpaired) electrons. The molecule has 7 heteroatoms. The zero-order valence-electron chi connectivity index (χ0n) is 14.4. The third kappa shape index (κ3) is 3.12. The van der Waals surface area contributed by atoms with E-state index in [1.54, 1.807) is 10.9 Å². The Morgan fingerprint density at radius 3 is 2.75 bits per heavy atom. The second-order valence-electron chi connectivity index (χ2n) is 6.95. The van der Waals surface area contributed by atoms with E-state index in [2.05, 4.69) is 10.3 Å². The van der Waals surface area contributed by atoms with Gasteiger partial charge in [-0.3, -0.25) is 4.90 Å². The van der Waals surface area contributed by atoms with Crippen LogP contribution < -0.4 is 0 Å². The maximum absolute atomic E-state index is 12.3. The van der Waals surface area contributed by atoms with E-state index in [4.69, 9.17) is 4.74 Å². The molecule has 1 aliphatic heterocycles. The summed E-state index contributed by atoms with van der Waals surface area (Å²) in [6, 6.07) is 5.77. The molecule has 1 atom stereocenters. The highest BCUT2D eigenvalue weighted by Gasteiger charge is 2.32. The molecule has 1 unspecified atom stereocenters. The number of amides is 1. The van der Waals surface area contributed by atoms with Gasteiger partial charge in [0, 0.05) is 24.7 Å². The maximum Gasteiger partial charge on any atom is 0.412 e. The number of carbonyl (C=O) groups excluding carboxylic acids is 1. The van der Waals surface area contributed by atoms with Crippen molar-refractivity contribution >= 4 is 6.09 Å². The van der Waals surface area contributed by atoms with Crippen LogP contribution >= 0.6 is 0 Å². The van der Waals surface area contributed by atoms with Gasteiger partial charge in [0.15, 0.2) is 6.23 Å². The molecular weight excluding hydrogens is 308 g/mol. The van der Waals surface area contributed by atoms with Crippen LogP contribution in [0.4, 0.5) is 4.79 Å². The average Bonchev–Trinajstić information content (AvgIpc) is 2.91. The second-order valence-corrected chi connectivity index (χ2v) is 6.95. The van der Waals surface area contributed by atoms with Crippen LogP contribution in [0.5, 0.6) is 0 Å². The molecule has 0 aliphatic carbocycles. The lowest BCUT2D eigenvalue weighted by Gasteiger charge is -2.35. The second kappa shape index (κ2) is 5.90. The number of aliphatic hydroxyl groups is 1. The lowest BCUT2D eigenvalue weighted by atomic mass is 9.95. The minimum atomic E-state index is -0.998. The van der Waals surface area contributed by atoms with E-state index in [9.17, 15) is 9.90 Å². The summed E-state index contributed by atoms with van der Waals surface area (Å²) in [7, 11) is 1.83. The molecular formula is C17H22N4O3. The van der Waals surface area contributed by atoms with Crippen LogP contribution in [-0.4, -0.2) is 43.2 Å². The molecule has 0 fully saturated rings. The summed E-state index contributed by atoms with van der Waals surface area (Å²) in [6.07, 6.45) is 0.863. The lowest BCUT2D eigenvalue weighted by Crippen LogP contribution is -2.43. The van der Waals surface area contributed by atoms with Crippen molar-refractivity contribution in [2.24, 2.45) is 7.05 Å². The van der Waals surface area contributed by atoms with Crippen LogP contribution in [0.1, 0.15) is 38.1 Å². The Balaban J connectivity index is 1.85. The quantitative estimate of drug-likeness (QED) is 0.867. The summed E-state index contributed by atoms with van der Waals surface area (Å²) in [6.45, 7) is 5.84. The van der Waals surface area contributed by atoms with Gasteiger partial charge in [-0.1, -0.05) is 17.3 Å². The number of hydrogen-bond acceptors (Lipinski definition) is 5. The molecule has 24 heavy (non-hydrogen) atoms. The first-order valence-electron chi connectivity index (χ1n) is 7.92. The molecule has 1 aromatic carbocycles. The lowest BCUT2D eigenvalue weighted by molar-refractivity contribution is -0.0358. The van der Waals surface area contributed by atoms with E-state index < -0.39 is 17.9 Å². The molecule has 0 saturated carbocycles. The largest absolute Gasteiger partial charge is 0.444 e. The van der Waals surface area contributed by atoms with Crippen molar-refractivity contribution in [3.8, 4) is 11.3 Å². The zero-order valence-corrected chi connectivity index (χ0v) is 14.4. The Morgan fingerprint density at radius 1 is 1.38 bits per heavy atom. The molecule has 7 nitrogen and oxygen atoms in total. The van der Waals surface area contributed by atoms with Gasteiger partial charge < -0.3 is 9.84 Å². The van der Waals surface area contributed by atoms with E-state index >= 15 is 0 Å². The van der Waals surface area contributed by atoms with Gasteiger partial charge in [-0.05, 0) is 38.8 Å². The number of nitrogens with zero attached hydrogens (tertiary/aromatic N) is 4. The number of carbonyl (C=O) groups is 1. The topological polar surface area (TPSA) is 80.5 Å². The Hall–Kier alpha value is -2.41. The van der Waals surface area contributed by atoms with Crippen LogP contribution in [0.3, 0.4) is 0 Å². The normalized spacial score (nSPS) is 17.5. The van der Waals surface area contributed by atoms with Crippen molar-refractivity contribution in [2.45, 2.75) is 39.0 Å². The number of rotatable bonds is 1. The predicted octanol–water partition coefficient (Wildman–Crippen LogP) is 2.27. The molecule has 1 amide bonds. The minimum Gasteiger partial charge on any atom is -0.444 e. The van der Waals surface area contributed by atoms with E-state index in [-0.39, 0.29) is 0 Å². The fraction of sp³-hybridized carbons (Fsp3) is 0.471. The predicted molar refractivity (Wildman–Crippen MR) is 88.0 cm³/mol. The molecule has 1 aliphatic rings. The molecule has 2 heterocycles. The first-order valence-corrected chi connectivity index (χ1v) is 7.92. The van der Waals surface area contributed by atoms with Crippen molar-refractivity contribution in [3.05, 3.63) is 35.5 Å². The van der Waals surface area contributed by atoms with E-state index in [0.29, 0.717) is 13.0 Å². The van der Waals surface area contributed by atoms with Crippen molar-refractivity contribution < 1.29 is 14.6 Å². The Kier molecular flexibility index (Phi) is 4.04. The number of aryl methyl sites for hydroxylation is 1. The first kappa shape index (κ1) is 16.4. The Bertz CT molecular complexity index is 763. The molecule has 0 bridgehead atoms.